The number of nitrogens with two attached hydrogens (primary N) is 1. The van der Waals surface area contributed by atoms with E-state index in [0.29, 0.717) is 22.6 Å². The molecule has 0 saturated carbocycles. The second-order valence-corrected chi connectivity index (χ2v) is 5.96. The van der Waals surface area contributed by atoms with Gasteiger partial charge in [-0.1, -0.05) is 0 Å². The second kappa shape index (κ2) is 6.42. The quantitative estimate of drug-likeness (QED) is 0.516. The fourth-order valence-corrected chi connectivity index (χ4v) is 2.53. The molecular weight excluding hydrogens is 329 g/mol. The van der Waals surface area contributed by atoms with Crippen LogP contribution in [-0.2, 0) is 10.1 Å². The molecule has 1 aliphatic heterocycles. The van der Waals surface area contributed by atoms with Gasteiger partial charge in [-0.3, -0.25) is 5.41 Å². The molecule has 0 atom stereocenters. The summed E-state index contributed by atoms with van der Waals surface area (Å²) >= 11 is 0. The third kappa shape index (κ3) is 3.62. The van der Waals surface area contributed by atoms with Crippen LogP contribution >= 0.6 is 0 Å². The van der Waals surface area contributed by atoms with E-state index in [9.17, 15) is 13.0 Å². The molecule has 112 valence electrons. The van der Waals surface area contributed by atoms with Gasteiger partial charge in [-0.05, 0) is 42.5 Å². The van der Waals surface area contributed by atoms with E-state index in [4.69, 9.17) is 15.9 Å². The first-order valence-electron chi connectivity index (χ1n) is 6.16. The number of nitrogens with one attached hydrogen (secondary N) is 1. The van der Waals surface area contributed by atoms with Crippen molar-refractivity contribution in [3.63, 3.8) is 0 Å². The van der Waals surface area contributed by atoms with Gasteiger partial charge in [-0.25, -0.2) is 13.4 Å². The predicted molar refractivity (Wildman–Crippen MR) is 78.5 cm³/mol. The molecule has 1 heterocycles. The maximum atomic E-state index is 10.9. The molecule has 2 aromatic carbocycles. The molecule has 0 spiro atoms. The maximum Gasteiger partial charge on any atom is 1.00 e. The van der Waals surface area contributed by atoms with Crippen molar-refractivity contribution in [2.24, 2.45) is 10.7 Å². The topological polar surface area (TPSA) is 129 Å². The zero-order valence-corrected chi connectivity index (χ0v) is 14.9. The van der Waals surface area contributed by atoms with E-state index in [1.165, 1.54) is 24.3 Å². The Morgan fingerprint density at radius 2 is 1.65 bits per heavy atom. The van der Waals surface area contributed by atoms with Crippen LogP contribution in [0, 0.1) is 5.41 Å². The zero-order valence-electron chi connectivity index (χ0n) is 12.1. The minimum absolute atomic E-state index is 0. The van der Waals surface area contributed by atoms with Crippen molar-refractivity contribution in [2.75, 3.05) is 0 Å². The van der Waals surface area contributed by atoms with Crippen LogP contribution in [0.2, 0.25) is 0 Å². The van der Waals surface area contributed by atoms with Crippen molar-refractivity contribution < 1.29 is 47.3 Å². The Labute approximate surface area is 154 Å². The molecule has 0 aromatic heterocycles. The molecule has 2 aromatic rings. The molecule has 0 radical (unpaired) electrons. The molecule has 0 unspecified atom stereocenters. The molecule has 0 amide bonds. The first-order valence-corrected chi connectivity index (χ1v) is 7.57. The molecule has 1 aliphatic rings. The number of amidine groups is 2. The standard InChI is InChI=1S/C14H11N3O4S.Na/c15-13-11-6-3-9(7-12(11)14(16)17-13)21-8-1-4-10(5-2-8)22(18,19)20;/h1-7H,(H3,15,16,17)(H,18,19,20);/q;+1/p-1. The third-order valence-corrected chi connectivity index (χ3v) is 3.95. The van der Waals surface area contributed by atoms with Gasteiger partial charge in [0.2, 0.25) is 0 Å². The van der Waals surface area contributed by atoms with Crippen LogP contribution < -0.4 is 40.0 Å². The molecule has 9 heteroatoms. The molecule has 0 saturated heterocycles. The number of rotatable bonds is 3. The molecule has 0 bridgehead atoms. The smallest absolute Gasteiger partial charge is 0.744 e. The Morgan fingerprint density at radius 1 is 1.04 bits per heavy atom. The van der Waals surface area contributed by atoms with Gasteiger partial charge in [0, 0.05) is 11.1 Å². The molecule has 7 nitrogen and oxygen atoms in total. The summed E-state index contributed by atoms with van der Waals surface area (Å²) in [4.78, 5) is 3.54. The van der Waals surface area contributed by atoms with Gasteiger partial charge in [0.05, 0.1) is 4.90 Å². The van der Waals surface area contributed by atoms with E-state index in [-0.39, 0.29) is 46.1 Å². The fourth-order valence-electron chi connectivity index (χ4n) is 2.06. The summed E-state index contributed by atoms with van der Waals surface area (Å²) in [5, 5.41) is 7.71. The fraction of sp³-hybridized carbons (Fsp3) is 0. The average molecular weight is 339 g/mol. The summed E-state index contributed by atoms with van der Waals surface area (Å²) in [5.41, 5.74) is 6.91. The molecule has 0 aliphatic carbocycles. The first kappa shape index (κ1) is 17.6. The maximum absolute atomic E-state index is 10.9. The Kier molecular flexibility index (Phi) is 4.92. The van der Waals surface area contributed by atoms with Crippen LogP contribution in [0.3, 0.4) is 0 Å². The zero-order chi connectivity index (χ0) is 15.9. The van der Waals surface area contributed by atoms with Crippen molar-refractivity contribution in [2.45, 2.75) is 4.90 Å². The van der Waals surface area contributed by atoms with Crippen molar-refractivity contribution in [1.29, 1.82) is 5.41 Å². The number of ether oxygens (including phenoxy) is 1. The Morgan fingerprint density at radius 3 is 2.26 bits per heavy atom. The normalized spacial score (nSPS) is 13.1. The number of hydrogen-bond acceptors (Lipinski definition) is 6. The van der Waals surface area contributed by atoms with Crippen molar-refractivity contribution in [1.82, 2.24) is 0 Å². The van der Waals surface area contributed by atoms with Crippen molar-refractivity contribution in [3.8, 4) is 11.5 Å². The van der Waals surface area contributed by atoms with Gasteiger partial charge in [0.1, 0.15) is 27.5 Å². The van der Waals surface area contributed by atoms with E-state index in [0.717, 1.165) is 0 Å². The predicted octanol–water partition coefficient (Wildman–Crippen LogP) is -1.57. The largest absolute Gasteiger partial charge is 1.00 e. The Balaban J connectivity index is 0.00000192. The second-order valence-electron chi connectivity index (χ2n) is 4.58. The summed E-state index contributed by atoms with van der Waals surface area (Å²) in [6.07, 6.45) is 0. The number of hydrogen-bond donors (Lipinski definition) is 2. The van der Waals surface area contributed by atoms with Crippen molar-refractivity contribution in [3.05, 3.63) is 53.6 Å². The molecule has 0 fully saturated rings. The van der Waals surface area contributed by atoms with Gasteiger partial charge >= 0.3 is 29.6 Å². The van der Waals surface area contributed by atoms with Gasteiger partial charge in [0.25, 0.3) is 0 Å². The van der Waals surface area contributed by atoms with E-state index >= 15 is 0 Å². The minimum Gasteiger partial charge on any atom is -0.744 e. The van der Waals surface area contributed by atoms with Gasteiger partial charge in [0.15, 0.2) is 5.84 Å². The van der Waals surface area contributed by atoms with Crippen LogP contribution in [0.25, 0.3) is 0 Å². The van der Waals surface area contributed by atoms with Crippen molar-refractivity contribution >= 4 is 21.8 Å². The number of aliphatic imine (C=N–C) groups is 1. The van der Waals surface area contributed by atoms with E-state index in [2.05, 4.69) is 4.99 Å². The van der Waals surface area contributed by atoms with Gasteiger partial charge in [-0.2, -0.15) is 0 Å². The Bertz CT molecular complexity index is 908. The summed E-state index contributed by atoms with van der Waals surface area (Å²) in [6, 6.07) is 10.1. The summed E-state index contributed by atoms with van der Waals surface area (Å²) < 4.78 is 38.1. The van der Waals surface area contributed by atoms with E-state index < -0.39 is 10.1 Å². The van der Waals surface area contributed by atoms with E-state index in [1.54, 1.807) is 18.2 Å². The van der Waals surface area contributed by atoms with E-state index in [1.807, 2.05) is 0 Å². The van der Waals surface area contributed by atoms with Crippen LogP contribution in [0.4, 0.5) is 0 Å². The minimum atomic E-state index is -4.48. The van der Waals surface area contributed by atoms with Crippen LogP contribution in [-0.4, -0.2) is 24.6 Å². The van der Waals surface area contributed by atoms with Crippen LogP contribution in [0.5, 0.6) is 11.5 Å². The van der Waals surface area contributed by atoms with Crippen LogP contribution in [0.15, 0.2) is 52.4 Å². The third-order valence-electron chi connectivity index (χ3n) is 3.10. The average Bonchev–Trinajstić information content (AvgIpc) is 2.73. The number of benzene rings is 2. The summed E-state index contributed by atoms with van der Waals surface area (Å²) in [6.45, 7) is 0. The van der Waals surface area contributed by atoms with Gasteiger partial charge in [-0.15, -0.1) is 0 Å². The summed E-state index contributed by atoms with van der Waals surface area (Å²) in [5.74, 6) is 1.17. The molecular formula is C14H10N3NaO4S. The molecule has 23 heavy (non-hydrogen) atoms. The SMILES string of the molecule is N=C1N=C(N)c2ccc(Oc3ccc(S(=O)(=O)[O-])cc3)cc21.[Na+]. The monoisotopic (exact) mass is 339 g/mol. The van der Waals surface area contributed by atoms with Gasteiger partial charge < -0.3 is 15.0 Å². The molecule has 3 N–H and O–H groups in total. The summed E-state index contributed by atoms with van der Waals surface area (Å²) in [7, 11) is -4.48. The first-order chi connectivity index (χ1) is 10.3. The number of nitrogens with zero attached hydrogens (tertiary/aromatic N) is 1. The molecule has 3 rings (SSSR count). The Hall–Kier alpha value is -1.71. The van der Waals surface area contributed by atoms with Crippen LogP contribution in [0.1, 0.15) is 11.1 Å². The number of fused-ring (bicyclic) bond motifs is 1.